The van der Waals surface area contributed by atoms with Crippen LogP contribution in [0.25, 0.3) is 5.78 Å². The van der Waals surface area contributed by atoms with Crippen molar-refractivity contribution in [2.24, 2.45) is 5.92 Å². The molecule has 1 amide bonds. The van der Waals surface area contributed by atoms with Gasteiger partial charge in [-0.15, -0.1) is 5.10 Å². The van der Waals surface area contributed by atoms with E-state index in [9.17, 15) is 4.79 Å². The summed E-state index contributed by atoms with van der Waals surface area (Å²) in [5.41, 5.74) is 1.81. The van der Waals surface area contributed by atoms with Crippen molar-refractivity contribution in [2.75, 3.05) is 19.8 Å². The number of aryl methyl sites for hydroxylation is 2. The van der Waals surface area contributed by atoms with Crippen molar-refractivity contribution in [2.45, 2.75) is 39.2 Å². The van der Waals surface area contributed by atoms with E-state index >= 15 is 0 Å². The van der Waals surface area contributed by atoms with E-state index in [1.54, 1.807) is 4.52 Å². The molecule has 0 spiro atoms. The molecular weight excluding hydrogens is 294 g/mol. The first kappa shape index (κ1) is 14.6. The third-order valence-corrected chi connectivity index (χ3v) is 4.54. The monoisotopic (exact) mass is 315 g/mol. The highest BCUT2D eigenvalue weighted by atomic mass is 16.5. The molecule has 1 aliphatic heterocycles. The van der Waals surface area contributed by atoms with Crippen LogP contribution in [-0.2, 0) is 4.74 Å². The predicted octanol–water partition coefficient (Wildman–Crippen LogP) is 1.38. The Labute approximate surface area is 134 Å². The number of hydrogen-bond acceptors (Lipinski definition) is 5. The number of nitrogens with zero attached hydrogens (tertiary/aromatic N) is 5. The molecule has 0 aromatic carbocycles. The summed E-state index contributed by atoms with van der Waals surface area (Å²) >= 11 is 0. The first-order valence-corrected chi connectivity index (χ1v) is 8.21. The summed E-state index contributed by atoms with van der Waals surface area (Å²) in [6.45, 7) is 6.14. The number of aromatic nitrogens is 4. The van der Waals surface area contributed by atoms with Crippen LogP contribution in [0, 0.1) is 19.8 Å². The minimum atomic E-state index is -0.0815. The maximum absolute atomic E-state index is 12.9. The van der Waals surface area contributed by atoms with E-state index in [4.69, 9.17) is 4.74 Å². The number of amides is 1. The molecule has 7 heteroatoms. The molecule has 0 unspecified atom stereocenters. The molecule has 0 N–H and O–H groups in total. The standard InChI is InChI=1S/C16H21N5O2/c1-10-7-11(2)21-16(17-10)18-14(19-21)15(22)20(13-3-4-13)8-12-5-6-23-9-12/h7,12-13H,3-6,8-9H2,1-2H3/t12-/m0/s1. The summed E-state index contributed by atoms with van der Waals surface area (Å²) < 4.78 is 7.08. The zero-order valence-corrected chi connectivity index (χ0v) is 13.5. The molecule has 1 saturated carbocycles. The van der Waals surface area contributed by atoms with Crippen molar-refractivity contribution in [1.82, 2.24) is 24.5 Å². The molecule has 0 bridgehead atoms. The lowest BCUT2D eigenvalue weighted by molar-refractivity contribution is 0.0694. The average molecular weight is 315 g/mol. The zero-order chi connectivity index (χ0) is 16.0. The molecule has 2 aromatic rings. The van der Waals surface area contributed by atoms with Crippen LogP contribution in [0.5, 0.6) is 0 Å². The minimum Gasteiger partial charge on any atom is -0.381 e. The minimum absolute atomic E-state index is 0.0815. The molecule has 23 heavy (non-hydrogen) atoms. The SMILES string of the molecule is Cc1cc(C)n2nc(C(=O)N(C[C@@H]3CCOC3)C3CC3)nc2n1. The van der Waals surface area contributed by atoms with E-state index in [-0.39, 0.29) is 11.7 Å². The summed E-state index contributed by atoms with van der Waals surface area (Å²) in [6, 6.07) is 2.27. The Kier molecular flexibility index (Phi) is 3.52. The number of ether oxygens (including phenoxy) is 1. The number of carbonyl (C=O) groups excluding carboxylic acids is 1. The van der Waals surface area contributed by atoms with E-state index in [1.165, 1.54) is 0 Å². The quantitative estimate of drug-likeness (QED) is 0.852. The Morgan fingerprint density at radius 1 is 1.35 bits per heavy atom. The lowest BCUT2D eigenvalue weighted by Crippen LogP contribution is -2.38. The molecule has 122 valence electrons. The van der Waals surface area contributed by atoms with Crippen LogP contribution < -0.4 is 0 Å². The van der Waals surface area contributed by atoms with Gasteiger partial charge >= 0.3 is 0 Å². The lowest BCUT2D eigenvalue weighted by atomic mass is 10.1. The second kappa shape index (κ2) is 5.56. The van der Waals surface area contributed by atoms with Gasteiger partial charge in [0.05, 0.1) is 6.61 Å². The van der Waals surface area contributed by atoms with E-state index < -0.39 is 0 Å². The summed E-state index contributed by atoms with van der Waals surface area (Å²) in [7, 11) is 0. The maximum Gasteiger partial charge on any atom is 0.293 e. The molecule has 2 aliphatic rings. The van der Waals surface area contributed by atoms with Crippen LogP contribution in [0.4, 0.5) is 0 Å². The second-order valence-corrected chi connectivity index (χ2v) is 6.60. The van der Waals surface area contributed by atoms with Gasteiger partial charge in [-0.3, -0.25) is 4.79 Å². The summed E-state index contributed by atoms with van der Waals surface area (Å²) in [5.74, 6) is 1.09. The van der Waals surface area contributed by atoms with Gasteiger partial charge in [0.1, 0.15) is 0 Å². The Bertz CT molecular complexity index is 746. The van der Waals surface area contributed by atoms with Crippen molar-refractivity contribution < 1.29 is 9.53 Å². The molecule has 2 fully saturated rings. The van der Waals surface area contributed by atoms with Crippen LogP contribution >= 0.6 is 0 Å². The molecule has 4 rings (SSSR count). The molecule has 2 aromatic heterocycles. The fourth-order valence-electron chi connectivity index (χ4n) is 3.17. The Balaban J connectivity index is 1.62. The second-order valence-electron chi connectivity index (χ2n) is 6.60. The van der Waals surface area contributed by atoms with Crippen molar-refractivity contribution in [1.29, 1.82) is 0 Å². The Morgan fingerprint density at radius 2 is 2.17 bits per heavy atom. The van der Waals surface area contributed by atoms with Crippen LogP contribution in [0.2, 0.25) is 0 Å². The topological polar surface area (TPSA) is 72.6 Å². The van der Waals surface area contributed by atoms with Gasteiger partial charge in [0, 0.05) is 36.5 Å². The Morgan fingerprint density at radius 3 is 2.87 bits per heavy atom. The molecule has 1 saturated heterocycles. The average Bonchev–Trinajstić information content (AvgIpc) is 3.05. The van der Waals surface area contributed by atoms with Gasteiger partial charge in [0.15, 0.2) is 0 Å². The molecule has 0 radical (unpaired) electrons. The third-order valence-electron chi connectivity index (χ3n) is 4.54. The normalized spacial score (nSPS) is 21.0. The third kappa shape index (κ3) is 2.81. The van der Waals surface area contributed by atoms with E-state index in [1.807, 2.05) is 24.8 Å². The van der Waals surface area contributed by atoms with Gasteiger partial charge in [-0.25, -0.2) is 9.50 Å². The van der Waals surface area contributed by atoms with E-state index in [0.29, 0.717) is 17.7 Å². The van der Waals surface area contributed by atoms with Crippen molar-refractivity contribution in [3.05, 3.63) is 23.3 Å². The number of carbonyl (C=O) groups is 1. The number of rotatable bonds is 4. The van der Waals surface area contributed by atoms with Gasteiger partial charge in [-0.1, -0.05) is 0 Å². The van der Waals surface area contributed by atoms with Crippen molar-refractivity contribution in [3.8, 4) is 0 Å². The smallest absolute Gasteiger partial charge is 0.293 e. The summed E-state index contributed by atoms with van der Waals surface area (Å²) in [5, 5.41) is 4.38. The fourth-order valence-corrected chi connectivity index (χ4v) is 3.17. The van der Waals surface area contributed by atoms with Crippen LogP contribution in [0.3, 0.4) is 0 Å². The van der Waals surface area contributed by atoms with Gasteiger partial charge in [-0.2, -0.15) is 4.98 Å². The van der Waals surface area contributed by atoms with Gasteiger partial charge in [-0.05, 0) is 39.2 Å². The zero-order valence-electron chi connectivity index (χ0n) is 13.5. The fraction of sp³-hybridized carbons (Fsp3) is 0.625. The molecule has 7 nitrogen and oxygen atoms in total. The molecule has 1 aliphatic carbocycles. The van der Waals surface area contributed by atoms with Crippen LogP contribution in [0.15, 0.2) is 6.07 Å². The van der Waals surface area contributed by atoms with Gasteiger partial charge in [0.25, 0.3) is 11.7 Å². The highest BCUT2D eigenvalue weighted by Crippen LogP contribution is 2.30. The lowest BCUT2D eigenvalue weighted by Gasteiger charge is -2.23. The maximum atomic E-state index is 12.9. The molecule has 3 heterocycles. The molecular formula is C16H21N5O2. The highest BCUT2D eigenvalue weighted by Gasteiger charge is 2.36. The van der Waals surface area contributed by atoms with Gasteiger partial charge < -0.3 is 9.64 Å². The van der Waals surface area contributed by atoms with Crippen molar-refractivity contribution >= 4 is 11.7 Å². The van der Waals surface area contributed by atoms with Crippen LogP contribution in [0.1, 0.15) is 41.3 Å². The first-order chi connectivity index (χ1) is 11.1. The molecule has 1 atom stereocenters. The first-order valence-electron chi connectivity index (χ1n) is 8.21. The van der Waals surface area contributed by atoms with Crippen molar-refractivity contribution in [3.63, 3.8) is 0 Å². The van der Waals surface area contributed by atoms with Gasteiger partial charge in [0.2, 0.25) is 5.82 Å². The largest absolute Gasteiger partial charge is 0.381 e. The predicted molar refractivity (Wildman–Crippen MR) is 83.2 cm³/mol. The van der Waals surface area contributed by atoms with E-state index in [0.717, 1.165) is 50.4 Å². The van der Waals surface area contributed by atoms with E-state index in [2.05, 4.69) is 15.1 Å². The number of hydrogen-bond donors (Lipinski definition) is 0. The summed E-state index contributed by atoms with van der Waals surface area (Å²) in [6.07, 6.45) is 3.17. The van der Waals surface area contributed by atoms with Crippen LogP contribution in [-0.4, -0.2) is 56.2 Å². The summed E-state index contributed by atoms with van der Waals surface area (Å²) in [4.78, 5) is 23.6. The Hall–Kier alpha value is -2.02. The highest BCUT2D eigenvalue weighted by molar-refractivity contribution is 5.91. The number of fused-ring (bicyclic) bond motifs is 1.